The van der Waals surface area contributed by atoms with Crippen molar-refractivity contribution in [2.24, 2.45) is 17.8 Å². The maximum atomic E-state index is 11.9. The molecule has 0 aromatic heterocycles. The van der Waals surface area contributed by atoms with Gasteiger partial charge in [0.25, 0.3) is 0 Å². The number of methoxy groups -OCH3 is 1. The highest BCUT2D eigenvalue weighted by Crippen LogP contribution is 2.48. The standard InChI is InChI=1S/C22H33NO3/c1-22(2,3)26-21(24)23-14-17-9-15-8-16(10-17)12-19(11-15)18-6-5-7-20(13-18)25-4/h5-7,13,15-17,19H,8-12,14H2,1-4H3,(H,23,24). The number of carbonyl (C=O) groups excluding carboxylic acids is 1. The molecule has 0 aliphatic heterocycles. The number of rotatable bonds is 4. The molecule has 3 rings (SSSR count). The molecule has 2 saturated carbocycles. The van der Waals surface area contributed by atoms with Crippen LogP contribution in [0.1, 0.15) is 64.4 Å². The van der Waals surface area contributed by atoms with E-state index < -0.39 is 5.60 Å². The molecule has 0 spiro atoms. The lowest BCUT2D eigenvalue weighted by molar-refractivity contribution is 0.0494. The van der Waals surface area contributed by atoms with Crippen LogP contribution in [0.3, 0.4) is 0 Å². The minimum absolute atomic E-state index is 0.289. The molecule has 1 amide bonds. The minimum Gasteiger partial charge on any atom is -0.497 e. The highest BCUT2D eigenvalue weighted by Gasteiger charge is 2.36. The number of nitrogens with one attached hydrogen (secondary N) is 1. The summed E-state index contributed by atoms with van der Waals surface area (Å²) in [5.74, 6) is 3.72. The van der Waals surface area contributed by atoms with Crippen LogP contribution in [0.25, 0.3) is 0 Å². The van der Waals surface area contributed by atoms with Gasteiger partial charge in [-0.15, -0.1) is 0 Å². The van der Waals surface area contributed by atoms with Gasteiger partial charge < -0.3 is 14.8 Å². The first-order chi connectivity index (χ1) is 12.3. The molecular formula is C22H33NO3. The van der Waals surface area contributed by atoms with E-state index in [0.29, 0.717) is 11.8 Å². The lowest BCUT2D eigenvalue weighted by Crippen LogP contribution is -2.39. The Morgan fingerprint density at radius 1 is 1.12 bits per heavy atom. The molecule has 0 heterocycles. The molecule has 2 atom stereocenters. The summed E-state index contributed by atoms with van der Waals surface area (Å²) in [6, 6.07) is 8.57. The molecule has 2 aliphatic carbocycles. The molecule has 2 bridgehead atoms. The van der Waals surface area contributed by atoms with E-state index in [-0.39, 0.29) is 6.09 Å². The first-order valence-electron chi connectivity index (χ1n) is 9.93. The van der Waals surface area contributed by atoms with Crippen LogP contribution >= 0.6 is 0 Å². The molecule has 4 heteroatoms. The van der Waals surface area contributed by atoms with Gasteiger partial charge in [-0.2, -0.15) is 0 Å². The summed E-state index contributed by atoms with van der Waals surface area (Å²) in [7, 11) is 1.73. The van der Waals surface area contributed by atoms with Crippen LogP contribution in [0.5, 0.6) is 5.75 Å². The molecule has 2 fully saturated rings. The van der Waals surface area contributed by atoms with Crippen molar-refractivity contribution in [2.45, 2.75) is 64.4 Å². The van der Waals surface area contributed by atoms with Gasteiger partial charge in [-0.25, -0.2) is 4.79 Å². The SMILES string of the molecule is COc1cccc(C2CC3CC(CNC(=O)OC(C)(C)C)CC(C3)C2)c1. The second kappa shape index (κ2) is 7.89. The summed E-state index contributed by atoms with van der Waals surface area (Å²) >= 11 is 0. The summed E-state index contributed by atoms with van der Waals surface area (Å²) in [6.07, 6.45) is 6.00. The average Bonchev–Trinajstić information content (AvgIpc) is 2.58. The fourth-order valence-corrected chi connectivity index (χ4v) is 4.86. The summed E-state index contributed by atoms with van der Waals surface area (Å²) in [6.45, 7) is 6.44. The number of alkyl carbamates (subject to hydrolysis) is 1. The third-order valence-electron chi connectivity index (χ3n) is 5.73. The highest BCUT2D eigenvalue weighted by atomic mass is 16.6. The largest absolute Gasteiger partial charge is 0.497 e. The molecule has 2 aliphatic rings. The monoisotopic (exact) mass is 359 g/mol. The van der Waals surface area contributed by atoms with Crippen LogP contribution in [-0.2, 0) is 4.74 Å². The summed E-state index contributed by atoms with van der Waals surface area (Å²) in [5, 5.41) is 2.98. The Bertz CT molecular complexity index is 608. The quantitative estimate of drug-likeness (QED) is 0.811. The number of fused-ring (bicyclic) bond motifs is 2. The summed E-state index contributed by atoms with van der Waals surface area (Å²) < 4.78 is 10.8. The Labute approximate surface area is 157 Å². The molecule has 144 valence electrons. The van der Waals surface area contributed by atoms with Crippen molar-refractivity contribution in [3.05, 3.63) is 29.8 Å². The average molecular weight is 360 g/mol. The molecule has 0 radical (unpaired) electrons. The normalized spacial score (nSPS) is 28.3. The van der Waals surface area contributed by atoms with Crippen LogP contribution in [0, 0.1) is 17.8 Å². The molecule has 1 aromatic rings. The van der Waals surface area contributed by atoms with Crippen molar-refractivity contribution < 1.29 is 14.3 Å². The molecule has 1 aromatic carbocycles. The number of hydrogen-bond acceptors (Lipinski definition) is 3. The Morgan fingerprint density at radius 2 is 1.81 bits per heavy atom. The Balaban J connectivity index is 1.52. The van der Waals surface area contributed by atoms with Gasteiger partial charge in [-0.05, 0) is 94.2 Å². The smallest absolute Gasteiger partial charge is 0.407 e. The van der Waals surface area contributed by atoms with E-state index in [9.17, 15) is 4.79 Å². The van der Waals surface area contributed by atoms with Crippen LogP contribution in [0.15, 0.2) is 24.3 Å². The van der Waals surface area contributed by atoms with Gasteiger partial charge in [0.1, 0.15) is 11.4 Å². The van der Waals surface area contributed by atoms with Gasteiger partial charge >= 0.3 is 6.09 Å². The first-order valence-corrected chi connectivity index (χ1v) is 9.93. The van der Waals surface area contributed by atoms with Gasteiger partial charge in [0.15, 0.2) is 0 Å². The van der Waals surface area contributed by atoms with Crippen molar-refractivity contribution in [3.63, 3.8) is 0 Å². The van der Waals surface area contributed by atoms with Crippen LogP contribution < -0.4 is 10.1 Å². The zero-order chi connectivity index (χ0) is 18.7. The van der Waals surface area contributed by atoms with Crippen molar-refractivity contribution in [1.82, 2.24) is 5.32 Å². The number of hydrogen-bond donors (Lipinski definition) is 1. The third-order valence-corrected chi connectivity index (χ3v) is 5.73. The van der Waals surface area contributed by atoms with Gasteiger partial charge in [0, 0.05) is 6.54 Å². The zero-order valence-electron chi connectivity index (χ0n) is 16.6. The number of carbonyl (C=O) groups is 1. The predicted molar refractivity (Wildman–Crippen MR) is 104 cm³/mol. The van der Waals surface area contributed by atoms with Gasteiger partial charge in [0.2, 0.25) is 0 Å². The molecule has 0 saturated heterocycles. The third kappa shape index (κ3) is 5.15. The number of amides is 1. The minimum atomic E-state index is -0.433. The van der Waals surface area contributed by atoms with Crippen molar-refractivity contribution in [2.75, 3.05) is 13.7 Å². The topological polar surface area (TPSA) is 47.6 Å². The highest BCUT2D eigenvalue weighted by molar-refractivity contribution is 5.67. The Kier molecular flexibility index (Phi) is 5.79. The Morgan fingerprint density at radius 3 is 2.42 bits per heavy atom. The second-order valence-electron chi connectivity index (χ2n) is 9.13. The van der Waals surface area contributed by atoms with E-state index in [1.807, 2.05) is 26.8 Å². The van der Waals surface area contributed by atoms with E-state index in [4.69, 9.17) is 9.47 Å². The maximum absolute atomic E-state index is 11.9. The van der Waals surface area contributed by atoms with E-state index in [2.05, 4.69) is 23.5 Å². The van der Waals surface area contributed by atoms with Gasteiger partial charge in [-0.3, -0.25) is 0 Å². The summed E-state index contributed by atoms with van der Waals surface area (Å²) in [5.41, 5.74) is 0.987. The molecule has 4 nitrogen and oxygen atoms in total. The van der Waals surface area contributed by atoms with Gasteiger partial charge in [-0.1, -0.05) is 12.1 Å². The molecular weight excluding hydrogens is 326 g/mol. The molecule has 2 unspecified atom stereocenters. The lowest BCUT2D eigenvalue weighted by atomic mass is 9.63. The van der Waals surface area contributed by atoms with E-state index in [1.54, 1.807) is 7.11 Å². The summed E-state index contributed by atoms with van der Waals surface area (Å²) in [4.78, 5) is 11.9. The van der Waals surface area contributed by atoms with Crippen molar-refractivity contribution >= 4 is 6.09 Å². The fourth-order valence-electron chi connectivity index (χ4n) is 4.86. The predicted octanol–water partition coefficient (Wildman–Crippen LogP) is 5.13. The molecule has 1 N–H and O–H groups in total. The second-order valence-corrected chi connectivity index (χ2v) is 9.13. The van der Waals surface area contributed by atoms with Crippen molar-refractivity contribution in [3.8, 4) is 5.75 Å². The zero-order valence-corrected chi connectivity index (χ0v) is 16.6. The molecule has 26 heavy (non-hydrogen) atoms. The maximum Gasteiger partial charge on any atom is 0.407 e. The fraction of sp³-hybridized carbons (Fsp3) is 0.682. The number of ether oxygens (including phenoxy) is 2. The van der Waals surface area contributed by atoms with E-state index in [1.165, 1.54) is 37.7 Å². The van der Waals surface area contributed by atoms with E-state index >= 15 is 0 Å². The Hall–Kier alpha value is -1.71. The first kappa shape index (κ1) is 19.1. The van der Waals surface area contributed by atoms with Gasteiger partial charge in [0.05, 0.1) is 7.11 Å². The van der Waals surface area contributed by atoms with E-state index in [0.717, 1.165) is 24.1 Å². The van der Waals surface area contributed by atoms with Crippen LogP contribution in [-0.4, -0.2) is 25.3 Å². The van der Waals surface area contributed by atoms with Crippen LogP contribution in [0.2, 0.25) is 0 Å². The number of benzene rings is 1. The van der Waals surface area contributed by atoms with Crippen LogP contribution in [0.4, 0.5) is 4.79 Å². The lowest BCUT2D eigenvalue weighted by Gasteiger charge is -2.43. The van der Waals surface area contributed by atoms with Crippen molar-refractivity contribution in [1.29, 1.82) is 0 Å².